The lowest BCUT2D eigenvalue weighted by Gasteiger charge is -2.06. The van der Waals surface area contributed by atoms with Gasteiger partial charge in [0.15, 0.2) is 0 Å². The average Bonchev–Trinajstić information content (AvgIpc) is 2.73. The van der Waals surface area contributed by atoms with Crippen molar-refractivity contribution in [3.63, 3.8) is 0 Å². The zero-order valence-electron chi connectivity index (χ0n) is 18.4. The molecule has 0 spiro atoms. The Morgan fingerprint density at radius 3 is 1.39 bits per heavy atom. The van der Waals surface area contributed by atoms with E-state index in [1.54, 1.807) is 12.1 Å². The van der Waals surface area contributed by atoms with Gasteiger partial charge in [-0.05, 0) is 30.7 Å². The van der Waals surface area contributed by atoms with Crippen LogP contribution in [-0.4, -0.2) is 12.9 Å². The molecule has 0 saturated carbocycles. The van der Waals surface area contributed by atoms with E-state index < -0.39 is 0 Å². The topological polar surface area (TPSA) is 26.3 Å². The van der Waals surface area contributed by atoms with Crippen LogP contribution in [0.4, 0.5) is 0 Å². The zero-order valence-corrected chi connectivity index (χ0v) is 18.4. The van der Waals surface area contributed by atoms with E-state index in [9.17, 15) is 4.79 Å². The van der Waals surface area contributed by atoms with Gasteiger partial charge in [0.1, 0.15) is 12.0 Å². The van der Waals surface area contributed by atoms with Crippen molar-refractivity contribution < 1.29 is 9.53 Å². The highest BCUT2D eigenvalue weighted by Crippen LogP contribution is 2.15. The highest BCUT2D eigenvalue weighted by Gasteiger charge is 1.97. The number of unbranched alkanes of at least 4 members (excludes halogenated alkanes) is 16. The fourth-order valence-corrected chi connectivity index (χ4v) is 3.66. The predicted octanol–water partition coefficient (Wildman–Crippen LogP) is 8.53. The van der Waals surface area contributed by atoms with Gasteiger partial charge in [0, 0.05) is 5.56 Å². The molecule has 0 bridgehead atoms. The van der Waals surface area contributed by atoms with Crippen molar-refractivity contribution in [1.82, 2.24) is 0 Å². The van der Waals surface area contributed by atoms with Gasteiger partial charge in [0.05, 0.1) is 6.61 Å². The fraction of sp³-hybridized carbons (Fsp3) is 0.731. The first-order valence-corrected chi connectivity index (χ1v) is 12.0. The second-order valence-electron chi connectivity index (χ2n) is 8.19. The second kappa shape index (κ2) is 19.0. The molecule has 28 heavy (non-hydrogen) atoms. The molecule has 0 amide bonds. The quantitative estimate of drug-likeness (QED) is 0.165. The summed E-state index contributed by atoms with van der Waals surface area (Å²) in [7, 11) is 0. The predicted molar refractivity (Wildman–Crippen MR) is 121 cm³/mol. The largest absolute Gasteiger partial charge is 0.494 e. The minimum atomic E-state index is 0.699. The molecule has 0 N–H and O–H groups in total. The number of aldehydes is 1. The number of rotatable bonds is 20. The van der Waals surface area contributed by atoms with E-state index in [1.807, 2.05) is 12.1 Å². The monoisotopic (exact) mass is 388 g/mol. The summed E-state index contributed by atoms with van der Waals surface area (Å²) in [5, 5.41) is 0. The molecular weight excluding hydrogens is 344 g/mol. The van der Waals surface area contributed by atoms with Crippen LogP contribution in [0.2, 0.25) is 0 Å². The maximum absolute atomic E-state index is 10.6. The summed E-state index contributed by atoms with van der Waals surface area (Å²) < 4.78 is 5.71. The van der Waals surface area contributed by atoms with Crippen molar-refractivity contribution >= 4 is 6.29 Å². The highest BCUT2D eigenvalue weighted by molar-refractivity contribution is 5.74. The molecule has 0 aliphatic heterocycles. The Morgan fingerprint density at radius 2 is 1.00 bits per heavy atom. The summed E-state index contributed by atoms with van der Waals surface area (Å²) in [6.45, 7) is 3.06. The van der Waals surface area contributed by atoms with Gasteiger partial charge >= 0.3 is 0 Å². The first-order valence-electron chi connectivity index (χ1n) is 12.0. The highest BCUT2D eigenvalue weighted by atomic mass is 16.5. The van der Waals surface area contributed by atoms with E-state index in [2.05, 4.69) is 6.92 Å². The SMILES string of the molecule is CCCCCCCCCCCCCCCCCCCOc1ccc(C=O)cc1. The van der Waals surface area contributed by atoms with Crippen LogP contribution >= 0.6 is 0 Å². The molecule has 0 aromatic heterocycles. The molecule has 2 heteroatoms. The Labute approximate surface area is 174 Å². The van der Waals surface area contributed by atoms with Gasteiger partial charge in [-0.3, -0.25) is 4.79 Å². The van der Waals surface area contributed by atoms with Crippen LogP contribution in [-0.2, 0) is 0 Å². The number of hydrogen-bond acceptors (Lipinski definition) is 2. The molecule has 0 saturated heterocycles. The summed E-state index contributed by atoms with van der Waals surface area (Å²) in [5.41, 5.74) is 0.699. The first kappa shape index (κ1) is 24.7. The lowest BCUT2D eigenvalue weighted by molar-refractivity contribution is 0.112. The summed E-state index contributed by atoms with van der Waals surface area (Å²) >= 11 is 0. The van der Waals surface area contributed by atoms with Crippen molar-refractivity contribution in [3.8, 4) is 5.75 Å². The Hall–Kier alpha value is -1.31. The summed E-state index contributed by atoms with van der Waals surface area (Å²) in [6.07, 6.45) is 24.5. The Morgan fingerprint density at radius 1 is 0.607 bits per heavy atom. The summed E-state index contributed by atoms with van der Waals surface area (Å²) in [6, 6.07) is 7.35. The molecule has 1 rings (SSSR count). The van der Waals surface area contributed by atoms with Gasteiger partial charge in [-0.15, -0.1) is 0 Å². The maximum Gasteiger partial charge on any atom is 0.150 e. The molecule has 0 fully saturated rings. The summed E-state index contributed by atoms with van der Waals surface area (Å²) in [5.74, 6) is 0.863. The smallest absolute Gasteiger partial charge is 0.150 e. The molecule has 0 radical (unpaired) electrons. The molecule has 1 aromatic rings. The van der Waals surface area contributed by atoms with Crippen LogP contribution in [0, 0.1) is 0 Å². The zero-order chi connectivity index (χ0) is 20.1. The molecule has 0 aliphatic rings. The lowest BCUT2D eigenvalue weighted by atomic mass is 10.0. The van der Waals surface area contributed by atoms with Crippen molar-refractivity contribution in [2.75, 3.05) is 6.61 Å². The van der Waals surface area contributed by atoms with Gasteiger partial charge in [0.2, 0.25) is 0 Å². The molecule has 2 nitrogen and oxygen atoms in total. The standard InChI is InChI=1S/C26H44O2/c1-2-3-4-5-6-7-8-9-10-11-12-13-14-15-16-17-18-23-28-26-21-19-25(24-27)20-22-26/h19-22,24H,2-18,23H2,1H3. The maximum atomic E-state index is 10.6. The minimum Gasteiger partial charge on any atom is -0.494 e. The third-order valence-electron chi connectivity index (χ3n) is 5.53. The van der Waals surface area contributed by atoms with Crippen LogP contribution < -0.4 is 4.74 Å². The molecular formula is C26H44O2. The van der Waals surface area contributed by atoms with E-state index in [0.717, 1.165) is 25.1 Å². The minimum absolute atomic E-state index is 0.699. The van der Waals surface area contributed by atoms with E-state index in [4.69, 9.17) is 4.74 Å². The van der Waals surface area contributed by atoms with Crippen LogP contribution in [0.5, 0.6) is 5.75 Å². The Kier molecular flexibility index (Phi) is 16.8. The molecule has 1 aromatic carbocycles. The van der Waals surface area contributed by atoms with E-state index >= 15 is 0 Å². The summed E-state index contributed by atoms with van der Waals surface area (Å²) in [4.78, 5) is 10.6. The number of ether oxygens (including phenoxy) is 1. The fourth-order valence-electron chi connectivity index (χ4n) is 3.66. The van der Waals surface area contributed by atoms with Gasteiger partial charge in [-0.1, -0.05) is 110 Å². The van der Waals surface area contributed by atoms with E-state index in [1.165, 1.54) is 103 Å². The third kappa shape index (κ3) is 14.7. The molecule has 0 unspecified atom stereocenters. The van der Waals surface area contributed by atoms with Crippen LogP contribution in [0.1, 0.15) is 126 Å². The molecule has 0 aliphatic carbocycles. The second-order valence-corrected chi connectivity index (χ2v) is 8.19. The number of benzene rings is 1. The number of hydrogen-bond donors (Lipinski definition) is 0. The number of carbonyl (C=O) groups is 1. The third-order valence-corrected chi connectivity index (χ3v) is 5.53. The van der Waals surface area contributed by atoms with Crippen molar-refractivity contribution in [1.29, 1.82) is 0 Å². The van der Waals surface area contributed by atoms with Crippen LogP contribution in [0.25, 0.3) is 0 Å². The van der Waals surface area contributed by atoms with E-state index in [0.29, 0.717) is 5.56 Å². The normalized spacial score (nSPS) is 10.9. The number of carbonyl (C=O) groups excluding carboxylic acids is 1. The lowest BCUT2D eigenvalue weighted by Crippen LogP contribution is -1.97. The van der Waals surface area contributed by atoms with Crippen LogP contribution in [0.3, 0.4) is 0 Å². The van der Waals surface area contributed by atoms with Crippen LogP contribution in [0.15, 0.2) is 24.3 Å². The van der Waals surface area contributed by atoms with Gasteiger partial charge in [0.25, 0.3) is 0 Å². The van der Waals surface area contributed by atoms with Crippen molar-refractivity contribution in [2.45, 2.75) is 116 Å². The Bertz CT molecular complexity index is 452. The van der Waals surface area contributed by atoms with Crippen molar-refractivity contribution in [2.24, 2.45) is 0 Å². The first-order chi connectivity index (χ1) is 13.9. The molecule has 0 atom stereocenters. The van der Waals surface area contributed by atoms with Gasteiger partial charge < -0.3 is 4.74 Å². The molecule has 0 heterocycles. The van der Waals surface area contributed by atoms with Gasteiger partial charge in [-0.25, -0.2) is 0 Å². The molecule has 160 valence electrons. The van der Waals surface area contributed by atoms with E-state index in [-0.39, 0.29) is 0 Å². The van der Waals surface area contributed by atoms with Gasteiger partial charge in [-0.2, -0.15) is 0 Å². The Balaban J connectivity index is 1.74. The average molecular weight is 389 g/mol. The van der Waals surface area contributed by atoms with Crippen molar-refractivity contribution in [3.05, 3.63) is 29.8 Å².